The van der Waals surface area contributed by atoms with Gasteiger partial charge in [0.2, 0.25) is 5.91 Å². The predicted molar refractivity (Wildman–Crippen MR) is 103 cm³/mol. The molecule has 8 nitrogen and oxygen atoms in total. The molecule has 164 valence electrons. The zero-order valence-electron chi connectivity index (χ0n) is 16.8. The molecule has 1 fully saturated rings. The minimum Gasteiger partial charge on any atom is -0.383 e. The van der Waals surface area contributed by atoms with E-state index in [1.165, 1.54) is 23.0 Å². The van der Waals surface area contributed by atoms with Crippen molar-refractivity contribution in [2.24, 2.45) is 0 Å². The fourth-order valence-electron chi connectivity index (χ4n) is 3.20. The van der Waals surface area contributed by atoms with Crippen LogP contribution in [0.5, 0.6) is 0 Å². The van der Waals surface area contributed by atoms with Gasteiger partial charge in [0.15, 0.2) is 0 Å². The number of nitrogens with zero attached hydrogens (tertiary/aromatic N) is 3. The van der Waals surface area contributed by atoms with Gasteiger partial charge in [0.1, 0.15) is 6.04 Å². The van der Waals surface area contributed by atoms with E-state index in [4.69, 9.17) is 10.00 Å². The Morgan fingerprint density at radius 3 is 2.63 bits per heavy atom. The number of carbonyl (C=O) groups is 2. The highest BCUT2D eigenvalue weighted by molar-refractivity contribution is 5.87. The molecule has 0 spiro atoms. The van der Waals surface area contributed by atoms with E-state index in [1.807, 2.05) is 0 Å². The second kappa shape index (κ2) is 10.2. The van der Waals surface area contributed by atoms with Gasteiger partial charge in [-0.25, -0.2) is 4.79 Å². The Labute approximate surface area is 172 Å². The molecule has 1 saturated heterocycles. The number of amides is 3. The van der Waals surface area contributed by atoms with Gasteiger partial charge < -0.3 is 25.2 Å². The van der Waals surface area contributed by atoms with Gasteiger partial charge in [0, 0.05) is 39.0 Å². The highest BCUT2D eigenvalue weighted by atomic mass is 19.4. The molecule has 2 rings (SSSR count). The van der Waals surface area contributed by atoms with E-state index in [2.05, 4.69) is 10.6 Å². The number of hydrogen-bond donors (Lipinski definition) is 2. The summed E-state index contributed by atoms with van der Waals surface area (Å²) < 4.78 is 45.0. The molecule has 1 aliphatic heterocycles. The first-order valence-electron chi connectivity index (χ1n) is 9.40. The maximum absolute atomic E-state index is 13.4. The standard InChI is InChI=1S/C19H24F3N5O3/c1-3-24-18(29)26-7-8-27(16(12-26)17(28)25-6-9-30-2)14-5-4-13(11-23)15(10-14)19(20,21)22/h4-5,10,16H,3,6-9,12H2,1-2H3,(H,24,29)(H,25,28). The Morgan fingerprint density at radius 2 is 2.03 bits per heavy atom. The average molecular weight is 427 g/mol. The first-order chi connectivity index (χ1) is 14.2. The number of hydrogen-bond acceptors (Lipinski definition) is 5. The molecule has 0 aliphatic carbocycles. The zero-order chi connectivity index (χ0) is 22.3. The third-order valence-corrected chi connectivity index (χ3v) is 4.66. The van der Waals surface area contributed by atoms with E-state index in [1.54, 1.807) is 13.0 Å². The van der Waals surface area contributed by atoms with Gasteiger partial charge in [0.25, 0.3) is 0 Å². The molecule has 30 heavy (non-hydrogen) atoms. The predicted octanol–water partition coefficient (Wildman–Crippen LogP) is 1.56. The number of urea groups is 1. The molecule has 2 N–H and O–H groups in total. The van der Waals surface area contributed by atoms with Crippen molar-refractivity contribution < 1.29 is 27.5 Å². The number of benzene rings is 1. The second-order valence-electron chi connectivity index (χ2n) is 6.61. The molecule has 1 aromatic carbocycles. The van der Waals surface area contributed by atoms with Crippen molar-refractivity contribution in [3.05, 3.63) is 29.3 Å². The summed E-state index contributed by atoms with van der Waals surface area (Å²) in [6.07, 6.45) is -4.71. The Balaban J connectivity index is 2.35. The Kier molecular flexibility index (Phi) is 7.88. The Morgan fingerprint density at radius 1 is 1.30 bits per heavy atom. The van der Waals surface area contributed by atoms with Crippen LogP contribution in [0, 0.1) is 11.3 Å². The van der Waals surface area contributed by atoms with Gasteiger partial charge in [-0.2, -0.15) is 18.4 Å². The van der Waals surface area contributed by atoms with E-state index < -0.39 is 29.3 Å². The van der Waals surface area contributed by atoms with E-state index in [0.29, 0.717) is 6.54 Å². The lowest BCUT2D eigenvalue weighted by Crippen LogP contribution is -2.61. The number of piperazine rings is 1. The zero-order valence-corrected chi connectivity index (χ0v) is 16.8. The number of carbonyl (C=O) groups excluding carboxylic acids is 2. The summed E-state index contributed by atoms with van der Waals surface area (Å²) in [7, 11) is 1.48. The van der Waals surface area contributed by atoms with Crippen molar-refractivity contribution in [2.45, 2.75) is 19.1 Å². The summed E-state index contributed by atoms with van der Waals surface area (Å²) in [5.74, 6) is -0.432. The highest BCUT2D eigenvalue weighted by Gasteiger charge is 2.37. The van der Waals surface area contributed by atoms with Gasteiger partial charge in [-0.05, 0) is 25.1 Å². The van der Waals surface area contributed by atoms with Crippen molar-refractivity contribution in [3.63, 3.8) is 0 Å². The number of alkyl halides is 3. The molecule has 0 aromatic heterocycles. The van der Waals surface area contributed by atoms with Gasteiger partial charge in [0.05, 0.1) is 30.3 Å². The molecule has 1 heterocycles. The summed E-state index contributed by atoms with van der Waals surface area (Å²) in [6.45, 7) is 3.06. The fraction of sp³-hybridized carbons (Fsp3) is 0.526. The molecule has 1 unspecified atom stereocenters. The van der Waals surface area contributed by atoms with Crippen LogP contribution in [-0.2, 0) is 15.7 Å². The molecular weight excluding hydrogens is 403 g/mol. The molecule has 1 aromatic rings. The van der Waals surface area contributed by atoms with Gasteiger partial charge in [-0.1, -0.05) is 0 Å². The van der Waals surface area contributed by atoms with Crippen molar-refractivity contribution in [2.75, 3.05) is 51.3 Å². The number of ether oxygens (including phenoxy) is 1. The summed E-state index contributed by atoms with van der Waals surface area (Å²) in [4.78, 5) is 27.9. The lowest BCUT2D eigenvalue weighted by Gasteiger charge is -2.42. The lowest BCUT2D eigenvalue weighted by atomic mass is 10.0. The number of nitriles is 1. The van der Waals surface area contributed by atoms with Gasteiger partial charge in [-0.3, -0.25) is 4.79 Å². The minimum atomic E-state index is -4.71. The van der Waals surface area contributed by atoms with E-state index in [9.17, 15) is 22.8 Å². The minimum absolute atomic E-state index is 0.00595. The first kappa shape index (κ1) is 23.3. The second-order valence-corrected chi connectivity index (χ2v) is 6.61. The van der Waals surface area contributed by atoms with Crippen LogP contribution >= 0.6 is 0 Å². The molecule has 0 saturated carbocycles. The number of methoxy groups -OCH3 is 1. The maximum Gasteiger partial charge on any atom is 0.417 e. The van der Waals surface area contributed by atoms with Crippen LogP contribution in [0.25, 0.3) is 0 Å². The Bertz CT molecular complexity index is 810. The van der Waals surface area contributed by atoms with E-state index >= 15 is 0 Å². The molecule has 0 bridgehead atoms. The van der Waals surface area contributed by atoms with Crippen molar-refractivity contribution >= 4 is 17.6 Å². The van der Waals surface area contributed by atoms with Crippen molar-refractivity contribution in [1.29, 1.82) is 5.26 Å². The summed E-state index contributed by atoms with van der Waals surface area (Å²) in [5.41, 5.74) is -1.40. The highest BCUT2D eigenvalue weighted by Crippen LogP contribution is 2.35. The van der Waals surface area contributed by atoms with Gasteiger partial charge >= 0.3 is 12.2 Å². The van der Waals surface area contributed by atoms with E-state index in [0.717, 1.165) is 12.1 Å². The quantitative estimate of drug-likeness (QED) is 0.672. The topological polar surface area (TPSA) is 97.7 Å². The van der Waals surface area contributed by atoms with Crippen LogP contribution in [0.3, 0.4) is 0 Å². The molecule has 11 heteroatoms. The lowest BCUT2D eigenvalue weighted by molar-refractivity contribution is -0.137. The van der Waals surface area contributed by atoms with Crippen LogP contribution in [0.1, 0.15) is 18.1 Å². The van der Waals surface area contributed by atoms with Crippen LogP contribution in [0.15, 0.2) is 18.2 Å². The van der Waals surface area contributed by atoms with E-state index in [-0.39, 0.29) is 44.5 Å². The van der Waals surface area contributed by atoms with Crippen molar-refractivity contribution in [3.8, 4) is 6.07 Å². The third-order valence-electron chi connectivity index (χ3n) is 4.66. The number of rotatable bonds is 6. The molecule has 1 aliphatic rings. The van der Waals surface area contributed by atoms with Crippen LogP contribution in [0.2, 0.25) is 0 Å². The van der Waals surface area contributed by atoms with Crippen LogP contribution < -0.4 is 15.5 Å². The monoisotopic (exact) mass is 427 g/mol. The molecule has 0 radical (unpaired) electrons. The van der Waals surface area contributed by atoms with Crippen LogP contribution in [0.4, 0.5) is 23.7 Å². The van der Waals surface area contributed by atoms with Crippen LogP contribution in [-0.4, -0.2) is 69.3 Å². The maximum atomic E-state index is 13.4. The normalized spacial score (nSPS) is 16.7. The summed E-state index contributed by atoms with van der Waals surface area (Å²) >= 11 is 0. The smallest absolute Gasteiger partial charge is 0.383 e. The average Bonchev–Trinajstić information content (AvgIpc) is 2.72. The first-order valence-corrected chi connectivity index (χ1v) is 9.40. The molecule has 1 atom stereocenters. The number of nitrogens with one attached hydrogen (secondary N) is 2. The number of halogens is 3. The summed E-state index contributed by atoms with van der Waals surface area (Å²) in [6, 6.07) is 3.65. The fourth-order valence-corrected chi connectivity index (χ4v) is 3.20. The Hall–Kier alpha value is -3.00. The summed E-state index contributed by atoms with van der Waals surface area (Å²) in [5, 5.41) is 14.3. The van der Waals surface area contributed by atoms with Gasteiger partial charge in [-0.15, -0.1) is 0 Å². The molecule has 3 amide bonds. The largest absolute Gasteiger partial charge is 0.417 e. The molecular formula is C19H24F3N5O3. The third kappa shape index (κ3) is 5.54. The van der Waals surface area contributed by atoms with Crippen molar-refractivity contribution in [1.82, 2.24) is 15.5 Å². The SMILES string of the molecule is CCNC(=O)N1CCN(c2ccc(C#N)c(C(F)(F)F)c2)C(C(=O)NCCOC)C1. The number of anilines is 1.